The molecule has 2 amide bonds. The molecule has 0 radical (unpaired) electrons. The van der Waals surface area contributed by atoms with Gasteiger partial charge >= 0.3 is 6.09 Å². The molecule has 2 aliphatic heterocycles. The maximum absolute atomic E-state index is 12.4. The molecule has 6 nitrogen and oxygen atoms in total. The number of carbonyl (C=O) groups excluding carboxylic acids is 2. The van der Waals surface area contributed by atoms with Crippen LogP contribution < -0.4 is 0 Å². The fourth-order valence-corrected chi connectivity index (χ4v) is 3.37. The molecule has 0 aromatic carbocycles. The second kappa shape index (κ2) is 5.83. The highest BCUT2D eigenvalue weighted by Crippen LogP contribution is 2.40. The molecule has 2 bridgehead atoms. The van der Waals surface area contributed by atoms with Crippen LogP contribution in [-0.4, -0.2) is 53.8 Å². The van der Waals surface area contributed by atoms with E-state index in [1.54, 1.807) is 11.9 Å². The Hall–Kier alpha value is -1.30. The fraction of sp³-hybridized carbons (Fsp3) is 0.867. The predicted molar refractivity (Wildman–Crippen MR) is 77.4 cm³/mol. The molecule has 0 aromatic heterocycles. The standard InChI is InChI=1S/C15H26N2O4/c1-15(2,3)21-14(19)17-10-6-8-11(12(17)9-7-10)13(18)16(4)20-5/h10-12H,6-9H2,1-5H3. The summed E-state index contributed by atoms with van der Waals surface area (Å²) in [5, 5.41) is 1.26. The molecule has 2 heterocycles. The van der Waals surface area contributed by atoms with Gasteiger partial charge in [0.25, 0.3) is 5.91 Å². The first kappa shape index (κ1) is 16.1. The number of nitrogens with zero attached hydrogens (tertiary/aromatic N) is 2. The second-order valence-corrected chi connectivity index (χ2v) is 6.89. The van der Waals surface area contributed by atoms with E-state index in [1.807, 2.05) is 20.8 Å². The zero-order valence-electron chi connectivity index (χ0n) is 13.6. The highest BCUT2D eigenvalue weighted by Gasteiger charge is 2.49. The maximum atomic E-state index is 12.4. The van der Waals surface area contributed by atoms with E-state index in [0.717, 1.165) is 25.7 Å². The molecule has 3 atom stereocenters. The Morgan fingerprint density at radius 1 is 1.14 bits per heavy atom. The first-order valence-electron chi connectivity index (χ1n) is 7.57. The van der Waals surface area contributed by atoms with Gasteiger partial charge in [-0.2, -0.15) is 0 Å². The Bertz CT molecular complexity index is 418. The van der Waals surface area contributed by atoms with E-state index in [1.165, 1.54) is 12.2 Å². The van der Waals surface area contributed by atoms with Crippen LogP contribution in [0.2, 0.25) is 0 Å². The fourth-order valence-electron chi connectivity index (χ4n) is 3.37. The van der Waals surface area contributed by atoms with Gasteiger partial charge in [-0.15, -0.1) is 0 Å². The summed E-state index contributed by atoms with van der Waals surface area (Å²) < 4.78 is 5.50. The van der Waals surface area contributed by atoms with E-state index in [4.69, 9.17) is 9.57 Å². The molecule has 0 aromatic rings. The average Bonchev–Trinajstić information content (AvgIpc) is 2.69. The Labute approximate surface area is 126 Å². The molecule has 120 valence electrons. The average molecular weight is 298 g/mol. The molecule has 0 saturated carbocycles. The number of hydrogen-bond donors (Lipinski definition) is 0. The normalized spacial score (nSPS) is 28.4. The van der Waals surface area contributed by atoms with Crippen molar-refractivity contribution in [3.8, 4) is 0 Å². The lowest BCUT2D eigenvalue weighted by atomic mass is 9.89. The molecule has 3 unspecified atom stereocenters. The van der Waals surface area contributed by atoms with Crippen molar-refractivity contribution in [1.29, 1.82) is 0 Å². The number of hydrogen-bond acceptors (Lipinski definition) is 4. The number of carbonyl (C=O) groups is 2. The number of fused-ring (bicyclic) bond motifs is 2. The molecular formula is C15H26N2O4. The summed E-state index contributed by atoms with van der Waals surface area (Å²) in [7, 11) is 3.09. The van der Waals surface area contributed by atoms with Crippen molar-refractivity contribution in [3.63, 3.8) is 0 Å². The minimum atomic E-state index is -0.517. The Morgan fingerprint density at radius 2 is 1.76 bits per heavy atom. The molecule has 0 aliphatic carbocycles. The Balaban J connectivity index is 2.13. The Morgan fingerprint density at radius 3 is 2.33 bits per heavy atom. The van der Waals surface area contributed by atoms with E-state index < -0.39 is 5.60 Å². The predicted octanol–water partition coefficient (Wildman–Crippen LogP) is 2.18. The van der Waals surface area contributed by atoms with Crippen molar-refractivity contribution < 1.29 is 19.2 Å². The molecule has 2 fully saturated rings. The molecule has 2 saturated heterocycles. The van der Waals surface area contributed by atoms with Gasteiger partial charge in [0.05, 0.1) is 13.0 Å². The third-order valence-corrected chi connectivity index (χ3v) is 4.33. The largest absolute Gasteiger partial charge is 0.444 e. The van der Waals surface area contributed by atoms with Crippen LogP contribution in [0.4, 0.5) is 4.79 Å². The van der Waals surface area contributed by atoms with Gasteiger partial charge in [0, 0.05) is 19.1 Å². The lowest BCUT2D eigenvalue weighted by Crippen LogP contribution is -2.53. The van der Waals surface area contributed by atoms with E-state index in [-0.39, 0.29) is 30.0 Å². The van der Waals surface area contributed by atoms with Crippen molar-refractivity contribution in [2.45, 2.75) is 64.1 Å². The van der Waals surface area contributed by atoms with Gasteiger partial charge in [0.1, 0.15) is 5.60 Å². The van der Waals surface area contributed by atoms with Gasteiger partial charge in [-0.05, 0) is 46.5 Å². The summed E-state index contributed by atoms with van der Waals surface area (Å²) >= 11 is 0. The summed E-state index contributed by atoms with van der Waals surface area (Å²) in [6, 6.07) is 0.144. The lowest BCUT2D eigenvalue weighted by molar-refractivity contribution is -0.176. The molecule has 0 N–H and O–H groups in total. The van der Waals surface area contributed by atoms with Crippen LogP contribution in [0, 0.1) is 5.92 Å². The van der Waals surface area contributed by atoms with Gasteiger partial charge in [-0.1, -0.05) is 0 Å². The van der Waals surface area contributed by atoms with Crippen molar-refractivity contribution in [2.24, 2.45) is 5.92 Å². The van der Waals surface area contributed by atoms with Crippen LogP contribution in [0.25, 0.3) is 0 Å². The summed E-state index contributed by atoms with van der Waals surface area (Å²) in [6.45, 7) is 5.58. The number of amides is 2. The monoisotopic (exact) mass is 298 g/mol. The van der Waals surface area contributed by atoms with E-state index >= 15 is 0 Å². The number of rotatable bonds is 2. The van der Waals surface area contributed by atoms with Gasteiger partial charge in [-0.3, -0.25) is 9.63 Å². The third-order valence-electron chi connectivity index (χ3n) is 4.33. The van der Waals surface area contributed by atoms with Gasteiger partial charge in [0.15, 0.2) is 0 Å². The van der Waals surface area contributed by atoms with Crippen LogP contribution in [0.15, 0.2) is 0 Å². The molecular weight excluding hydrogens is 272 g/mol. The minimum absolute atomic E-state index is 0.0589. The van der Waals surface area contributed by atoms with Crippen LogP contribution >= 0.6 is 0 Å². The van der Waals surface area contributed by atoms with E-state index in [2.05, 4.69) is 0 Å². The van der Waals surface area contributed by atoms with Gasteiger partial charge < -0.3 is 9.64 Å². The smallest absolute Gasteiger partial charge is 0.410 e. The summed E-state index contributed by atoms with van der Waals surface area (Å²) in [6.07, 6.45) is 3.17. The number of piperidine rings is 1. The highest BCUT2D eigenvalue weighted by atomic mass is 16.7. The summed E-state index contributed by atoms with van der Waals surface area (Å²) in [5.41, 5.74) is -0.517. The van der Waals surface area contributed by atoms with Crippen molar-refractivity contribution in [1.82, 2.24) is 9.96 Å². The van der Waals surface area contributed by atoms with Crippen molar-refractivity contribution in [3.05, 3.63) is 0 Å². The number of hydroxylamine groups is 2. The first-order valence-corrected chi connectivity index (χ1v) is 7.57. The zero-order chi connectivity index (χ0) is 15.8. The zero-order valence-corrected chi connectivity index (χ0v) is 13.6. The van der Waals surface area contributed by atoms with Gasteiger partial charge in [-0.25, -0.2) is 9.86 Å². The molecule has 2 aliphatic rings. The van der Waals surface area contributed by atoms with Crippen LogP contribution in [0.5, 0.6) is 0 Å². The molecule has 6 heteroatoms. The van der Waals surface area contributed by atoms with Crippen molar-refractivity contribution in [2.75, 3.05) is 14.2 Å². The second-order valence-electron chi connectivity index (χ2n) is 6.89. The summed E-state index contributed by atoms with van der Waals surface area (Å²) in [5.74, 6) is -0.252. The van der Waals surface area contributed by atoms with Crippen LogP contribution in [-0.2, 0) is 14.4 Å². The maximum Gasteiger partial charge on any atom is 0.410 e. The molecule has 2 rings (SSSR count). The molecule has 0 spiro atoms. The van der Waals surface area contributed by atoms with Crippen LogP contribution in [0.3, 0.4) is 0 Å². The lowest BCUT2D eigenvalue weighted by Gasteiger charge is -2.40. The number of ether oxygens (including phenoxy) is 1. The first-order chi connectivity index (χ1) is 9.74. The molecule has 21 heavy (non-hydrogen) atoms. The van der Waals surface area contributed by atoms with Crippen LogP contribution in [0.1, 0.15) is 46.5 Å². The van der Waals surface area contributed by atoms with E-state index in [0.29, 0.717) is 0 Å². The minimum Gasteiger partial charge on any atom is -0.444 e. The SMILES string of the molecule is CON(C)C(=O)C1CCC2CCC1N2C(=O)OC(C)(C)C. The Kier molecular flexibility index (Phi) is 4.46. The third kappa shape index (κ3) is 3.31. The topological polar surface area (TPSA) is 59.1 Å². The quantitative estimate of drug-likeness (QED) is 0.733. The van der Waals surface area contributed by atoms with Crippen molar-refractivity contribution >= 4 is 12.0 Å². The summed E-state index contributed by atoms with van der Waals surface area (Å²) in [4.78, 5) is 31.6. The van der Waals surface area contributed by atoms with E-state index in [9.17, 15) is 9.59 Å². The van der Waals surface area contributed by atoms with Gasteiger partial charge in [0.2, 0.25) is 0 Å². The highest BCUT2D eigenvalue weighted by molar-refractivity contribution is 5.80.